The van der Waals surface area contributed by atoms with Crippen LogP contribution >= 0.6 is 12.4 Å². The van der Waals surface area contributed by atoms with E-state index in [2.05, 4.69) is 60.8 Å². The van der Waals surface area contributed by atoms with Gasteiger partial charge >= 0.3 is 0 Å². The van der Waals surface area contributed by atoms with E-state index in [-0.39, 0.29) is 12.4 Å². The second-order valence-corrected chi connectivity index (χ2v) is 5.77. The Kier molecular flexibility index (Phi) is 5.82. The maximum absolute atomic E-state index is 3.24. The minimum absolute atomic E-state index is 0. The minimum Gasteiger partial charge on any atom is -0.319 e. The summed E-state index contributed by atoms with van der Waals surface area (Å²) >= 11 is 0. The number of hydrogen-bond donors (Lipinski definition) is 1. The molecule has 116 valence electrons. The SMILES string of the molecule is CNCCC=C1c2ccccc2CCc2c(C)cccc21.Cl. The topological polar surface area (TPSA) is 12.0 Å². The molecular weight excluding hydrogens is 290 g/mol. The number of hydrogen-bond acceptors (Lipinski definition) is 1. The highest BCUT2D eigenvalue weighted by Crippen LogP contribution is 2.34. The van der Waals surface area contributed by atoms with Gasteiger partial charge in [-0.25, -0.2) is 0 Å². The smallest absolute Gasteiger partial charge is 0.00169 e. The number of fused-ring (bicyclic) bond motifs is 2. The molecule has 0 fully saturated rings. The van der Waals surface area contributed by atoms with Crippen molar-refractivity contribution in [2.24, 2.45) is 0 Å². The third kappa shape index (κ3) is 3.26. The molecule has 0 bridgehead atoms. The fourth-order valence-corrected chi connectivity index (χ4v) is 3.27. The first-order chi connectivity index (χ1) is 10.3. The van der Waals surface area contributed by atoms with Gasteiger partial charge in [-0.2, -0.15) is 0 Å². The fraction of sp³-hybridized carbons (Fsp3) is 0.300. The van der Waals surface area contributed by atoms with Crippen LogP contribution in [0.15, 0.2) is 48.5 Å². The standard InChI is InChI=1S/C20H23N.ClH/c1-15-7-5-10-19-17(15)13-12-16-8-3-4-9-18(16)20(19)11-6-14-21-2;/h3-5,7-11,21H,6,12-14H2,1-2H3;1H. The molecule has 0 saturated carbocycles. The van der Waals surface area contributed by atoms with Gasteiger partial charge in [0.2, 0.25) is 0 Å². The van der Waals surface area contributed by atoms with Crippen LogP contribution in [0.25, 0.3) is 5.57 Å². The van der Waals surface area contributed by atoms with Crippen molar-refractivity contribution in [3.8, 4) is 0 Å². The number of nitrogens with one attached hydrogen (secondary N) is 1. The summed E-state index contributed by atoms with van der Waals surface area (Å²) in [5, 5.41) is 3.24. The largest absolute Gasteiger partial charge is 0.319 e. The van der Waals surface area contributed by atoms with Gasteiger partial charge in [-0.15, -0.1) is 12.4 Å². The van der Waals surface area contributed by atoms with Crippen LogP contribution in [-0.2, 0) is 12.8 Å². The van der Waals surface area contributed by atoms with E-state index in [9.17, 15) is 0 Å². The molecule has 2 heteroatoms. The molecule has 0 atom stereocenters. The summed E-state index contributed by atoms with van der Waals surface area (Å²) in [6, 6.07) is 15.6. The molecule has 1 nitrogen and oxygen atoms in total. The van der Waals surface area contributed by atoms with Gasteiger partial charge in [0.25, 0.3) is 0 Å². The molecule has 0 heterocycles. The molecule has 3 rings (SSSR count). The van der Waals surface area contributed by atoms with Crippen LogP contribution in [0.3, 0.4) is 0 Å². The van der Waals surface area contributed by atoms with E-state index in [0.717, 1.165) is 25.8 Å². The summed E-state index contributed by atoms with van der Waals surface area (Å²) in [6.45, 7) is 3.26. The Morgan fingerprint density at radius 2 is 1.77 bits per heavy atom. The zero-order valence-electron chi connectivity index (χ0n) is 13.4. The lowest BCUT2D eigenvalue weighted by atomic mass is 9.91. The highest BCUT2D eigenvalue weighted by atomic mass is 35.5. The molecule has 0 saturated heterocycles. The number of rotatable bonds is 3. The maximum atomic E-state index is 3.24. The lowest BCUT2D eigenvalue weighted by Gasteiger charge is -2.13. The van der Waals surface area contributed by atoms with Crippen molar-refractivity contribution in [3.05, 3.63) is 76.4 Å². The van der Waals surface area contributed by atoms with Crippen LogP contribution in [0, 0.1) is 6.92 Å². The van der Waals surface area contributed by atoms with Gasteiger partial charge in [-0.05, 0) is 73.2 Å². The molecule has 0 radical (unpaired) electrons. The zero-order valence-corrected chi connectivity index (χ0v) is 14.2. The van der Waals surface area contributed by atoms with E-state index in [1.165, 1.54) is 33.4 Å². The quantitative estimate of drug-likeness (QED) is 0.819. The van der Waals surface area contributed by atoms with Crippen LogP contribution in [0.2, 0.25) is 0 Å². The van der Waals surface area contributed by atoms with E-state index in [1.807, 2.05) is 7.05 Å². The summed E-state index contributed by atoms with van der Waals surface area (Å²) in [4.78, 5) is 0. The van der Waals surface area contributed by atoms with E-state index < -0.39 is 0 Å². The Morgan fingerprint density at radius 1 is 1.00 bits per heavy atom. The molecule has 1 aliphatic carbocycles. The predicted octanol–water partition coefficient (Wildman–Crippen LogP) is 4.56. The first kappa shape index (κ1) is 16.8. The van der Waals surface area contributed by atoms with Gasteiger partial charge in [0, 0.05) is 0 Å². The van der Waals surface area contributed by atoms with Crippen molar-refractivity contribution >= 4 is 18.0 Å². The van der Waals surface area contributed by atoms with E-state index in [0.29, 0.717) is 0 Å². The van der Waals surface area contributed by atoms with Gasteiger partial charge < -0.3 is 5.32 Å². The molecule has 2 aromatic rings. The molecule has 0 spiro atoms. The molecular formula is C20H24ClN. The molecule has 0 amide bonds. The molecule has 1 N–H and O–H groups in total. The van der Waals surface area contributed by atoms with Gasteiger partial charge in [0.1, 0.15) is 0 Å². The summed E-state index contributed by atoms with van der Waals surface area (Å²) in [7, 11) is 2.01. The maximum Gasteiger partial charge on any atom is -0.00169 e. The van der Waals surface area contributed by atoms with Crippen LogP contribution in [0.4, 0.5) is 0 Å². The second-order valence-electron chi connectivity index (χ2n) is 5.77. The van der Waals surface area contributed by atoms with Crippen molar-refractivity contribution in [3.63, 3.8) is 0 Å². The van der Waals surface area contributed by atoms with Crippen molar-refractivity contribution in [2.45, 2.75) is 26.2 Å². The second kappa shape index (κ2) is 7.62. The first-order valence-electron chi connectivity index (χ1n) is 7.83. The summed E-state index contributed by atoms with van der Waals surface area (Å²) < 4.78 is 0. The lowest BCUT2D eigenvalue weighted by Crippen LogP contribution is -2.06. The summed E-state index contributed by atoms with van der Waals surface area (Å²) in [6.07, 6.45) is 5.74. The average molecular weight is 314 g/mol. The lowest BCUT2D eigenvalue weighted by molar-refractivity contribution is 0.808. The van der Waals surface area contributed by atoms with Crippen molar-refractivity contribution < 1.29 is 0 Å². The first-order valence-corrected chi connectivity index (χ1v) is 7.83. The molecule has 0 unspecified atom stereocenters. The Bertz CT molecular complexity index is 673. The average Bonchev–Trinajstić information content (AvgIpc) is 2.66. The molecule has 0 aliphatic heterocycles. The molecule has 2 aromatic carbocycles. The number of aryl methyl sites for hydroxylation is 2. The monoisotopic (exact) mass is 313 g/mol. The highest BCUT2D eigenvalue weighted by molar-refractivity contribution is 5.85. The van der Waals surface area contributed by atoms with Crippen molar-refractivity contribution in [1.29, 1.82) is 0 Å². The van der Waals surface area contributed by atoms with E-state index in [1.54, 1.807) is 0 Å². The van der Waals surface area contributed by atoms with E-state index in [4.69, 9.17) is 0 Å². The minimum atomic E-state index is 0. The molecule has 0 aromatic heterocycles. The Morgan fingerprint density at radius 3 is 2.59 bits per heavy atom. The fourth-order valence-electron chi connectivity index (χ4n) is 3.27. The van der Waals surface area contributed by atoms with Crippen LogP contribution in [-0.4, -0.2) is 13.6 Å². The van der Waals surface area contributed by atoms with Gasteiger partial charge in [0.05, 0.1) is 0 Å². The van der Waals surface area contributed by atoms with E-state index >= 15 is 0 Å². The van der Waals surface area contributed by atoms with Crippen molar-refractivity contribution in [2.75, 3.05) is 13.6 Å². The predicted molar refractivity (Wildman–Crippen MR) is 97.9 cm³/mol. The third-order valence-electron chi connectivity index (χ3n) is 4.40. The zero-order chi connectivity index (χ0) is 14.7. The summed E-state index contributed by atoms with van der Waals surface area (Å²) in [5.41, 5.74) is 8.67. The Hall–Kier alpha value is -1.57. The third-order valence-corrected chi connectivity index (χ3v) is 4.40. The van der Waals surface area contributed by atoms with Gasteiger partial charge in [-0.1, -0.05) is 48.5 Å². The molecule has 22 heavy (non-hydrogen) atoms. The highest BCUT2D eigenvalue weighted by Gasteiger charge is 2.18. The van der Waals surface area contributed by atoms with Gasteiger partial charge in [-0.3, -0.25) is 0 Å². The normalized spacial score (nSPS) is 14.7. The number of halogens is 1. The number of benzene rings is 2. The summed E-state index contributed by atoms with van der Waals surface area (Å²) in [5.74, 6) is 0. The van der Waals surface area contributed by atoms with Crippen LogP contribution in [0.5, 0.6) is 0 Å². The Balaban J connectivity index is 0.00000176. The van der Waals surface area contributed by atoms with Crippen LogP contribution in [0.1, 0.15) is 34.2 Å². The van der Waals surface area contributed by atoms with Gasteiger partial charge in [0.15, 0.2) is 0 Å². The van der Waals surface area contributed by atoms with Crippen LogP contribution < -0.4 is 5.32 Å². The Labute approximate surface area is 139 Å². The molecule has 1 aliphatic rings. The van der Waals surface area contributed by atoms with Crippen molar-refractivity contribution in [1.82, 2.24) is 5.32 Å².